The summed E-state index contributed by atoms with van der Waals surface area (Å²) in [6.45, 7) is 1.94. The third-order valence-electron chi connectivity index (χ3n) is 1.56. The van der Waals surface area contributed by atoms with E-state index in [1.54, 1.807) is 0 Å². The minimum absolute atomic E-state index is 0.229. The third-order valence-corrected chi connectivity index (χ3v) is 2.39. The summed E-state index contributed by atoms with van der Waals surface area (Å²) in [7, 11) is 0. The van der Waals surface area contributed by atoms with Gasteiger partial charge in [-0.25, -0.2) is 0 Å². The second kappa shape index (κ2) is 1.73. The molecule has 0 N–H and O–H groups in total. The normalized spacial score (nSPS) is 26.1. The summed E-state index contributed by atoms with van der Waals surface area (Å²) in [5.41, 5.74) is 0. The lowest BCUT2D eigenvalue weighted by Gasteiger charge is -2.08. The van der Waals surface area contributed by atoms with Crippen molar-refractivity contribution in [3.8, 4) is 6.07 Å². The highest BCUT2D eigenvalue weighted by Gasteiger charge is 2.39. The lowest BCUT2D eigenvalue weighted by atomic mass is 10.1. The van der Waals surface area contributed by atoms with Gasteiger partial charge in [0.05, 0.1) is 6.07 Å². The molecule has 0 bridgehead atoms. The van der Waals surface area contributed by atoms with Crippen LogP contribution in [0.2, 0.25) is 0 Å². The van der Waals surface area contributed by atoms with Gasteiger partial charge in [-0.3, -0.25) is 0 Å². The largest absolute Gasteiger partial charge is 0.197 e. The molecule has 44 valence electrons. The minimum atomic E-state index is -0.229. The fourth-order valence-electron chi connectivity index (χ4n) is 0.717. The Hall–Kier alpha value is -0.0300. The van der Waals surface area contributed by atoms with Crippen LogP contribution >= 0.6 is 15.9 Å². The summed E-state index contributed by atoms with van der Waals surface area (Å²) < 4.78 is -0.229. The van der Waals surface area contributed by atoms with Crippen LogP contribution in [0, 0.1) is 17.2 Å². The lowest BCUT2D eigenvalue weighted by molar-refractivity contribution is 0.710. The molecule has 0 aromatic carbocycles. The average molecular weight is 174 g/mol. The van der Waals surface area contributed by atoms with E-state index in [-0.39, 0.29) is 4.32 Å². The number of rotatable bonds is 1. The topological polar surface area (TPSA) is 23.8 Å². The maximum atomic E-state index is 8.51. The number of alkyl halides is 1. The summed E-state index contributed by atoms with van der Waals surface area (Å²) in [6.07, 6.45) is 2.44. The first-order valence-electron chi connectivity index (χ1n) is 2.77. The van der Waals surface area contributed by atoms with Crippen molar-refractivity contribution in [2.75, 3.05) is 0 Å². The molecular formula is C6H8BrN. The molecule has 0 radical (unpaired) electrons. The van der Waals surface area contributed by atoms with E-state index in [0.717, 1.165) is 0 Å². The molecule has 1 unspecified atom stereocenters. The van der Waals surface area contributed by atoms with Crippen LogP contribution in [-0.2, 0) is 0 Å². The van der Waals surface area contributed by atoms with Crippen molar-refractivity contribution >= 4 is 15.9 Å². The molecule has 0 spiro atoms. The van der Waals surface area contributed by atoms with Gasteiger partial charge in [-0.2, -0.15) is 5.26 Å². The van der Waals surface area contributed by atoms with Gasteiger partial charge in [-0.05, 0) is 25.7 Å². The van der Waals surface area contributed by atoms with Crippen LogP contribution in [0.5, 0.6) is 0 Å². The molecule has 0 saturated heterocycles. The van der Waals surface area contributed by atoms with Gasteiger partial charge in [0, 0.05) is 0 Å². The maximum absolute atomic E-state index is 8.51. The second-order valence-electron chi connectivity index (χ2n) is 2.46. The zero-order valence-corrected chi connectivity index (χ0v) is 6.40. The Morgan fingerprint density at radius 1 is 1.75 bits per heavy atom. The predicted octanol–water partition coefficient (Wildman–Crippen LogP) is 2.07. The Morgan fingerprint density at radius 2 is 2.25 bits per heavy atom. The van der Waals surface area contributed by atoms with Crippen LogP contribution in [0.25, 0.3) is 0 Å². The molecule has 1 rings (SSSR count). The van der Waals surface area contributed by atoms with E-state index in [1.165, 1.54) is 12.8 Å². The van der Waals surface area contributed by atoms with E-state index in [0.29, 0.717) is 5.92 Å². The predicted molar refractivity (Wildman–Crippen MR) is 35.7 cm³/mol. The third kappa shape index (κ3) is 1.03. The van der Waals surface area contributed by atoms with Crippen LogP contribution in [0.1, 0.15) is 19.8 Å². The van der Waals surface area contributed by atoms with E-state index < -0.39 is 0 Å². The first-order valence-corrected chi connectivity index (χ1v) is 3.56. The number of hydrogen-bond acceptors (Lipinski definition) is 1. The Morgan fingerprint density at radius 3 is 2.38 bits per heavy atom. The van der Waals surface area contributed by atoms with Gasteiger partial charge < -0.3 is 0 Å². The van der Waals surface area contributed by atoms with Gasteiger partial charge in [-0.1, -0.05) is 15.9 Å². The van der Waals surface area contributed by atoms with Crippen LogP contribution in [0.4, 0.5) is 0 Å². The fourth-order valence-corrected chi connectivity index (χ4v) is 1.17. The molecule has 1 aliphatic rings. The first kappa shape index (κ1) is 6.10. The number of hydrogen-bond donors (Lipinski definition) is 0. The van der Waals surface area contributed by atoms with Gasteiger partial charge in [0.2, 0.25) is 0 Å². The molecule has 1 nitrogen and oxygen atoms in total. The Labute approximate surface area is 57.8 Å². The molecule has 0 aliphatic heterocycles. The van der Waals surface area contributed by atoms with Crippen LogP contribution in [0.15, 0.2) is 0 Å². The SMILES string of the molecule is CC(Br)(C#N)C1CC1. The molecule has 1 atom stereocenters. The Kier molecular flexibility index (Phi) is 1.32. The fraction of sp³-hybridized carbons (Fsp3) is 0.833. The van der Waals surface area contributed by atoms with Gasteiger partial charge in [-0.15, -0.1) is 0 Å². The molecule has 0 aromatic rings. The van der Waals surface area contributed by atoms with Crippen LogP contribution in [0.3, 0.4) is 0 Å². The molecular weight excluding hydrogens is 166 g/mol. The summed E-state index contributed by atoms with van der Waals surface area (Å²) >= 11 is 3.35. The Bertz CT molecular complexity index is 130. The molecule has 8 heavy (non-hydrogen) atoms. The van der Waals surface area contributed by atoms with E-state index in [1.807, 2.05) is 6.92 Å². The van der Waals surface area contributed by atoms with Crippen molar-refractivity contribution in [1.82, 2.24) is 0 Å². The molecule has 2 heteroatoms. The lowest BCUT2D eigenvalue weighted by Crippen LogP contribution is -2.14. The van der Waals surface area contributed by atoms with Crippen molar-refractivity contribution in [1.29, 1.82) is 5.26 Å². The average Bonchev–Trinajstić information content (AvgIpc) is 2.44. The van der Waals surface area contributed by atoms with Gasteiger partial charge in [0.1, 0.15) is 4.32 Å². The highest BCUT2D eigenvalue weighted by Crippen LogP contribution is 2.44. The zero-order chi connectivity index (χ0) is 6.20. The van der Waals surface area contributed by atoms with Gasteiger partial charge >= 0.3 is 0 Å². The highest BCUT2D eigenvalue weighted by atomic mass is 79.9. The van der Waals surface area contributed by atoms with Crippen molar-refractivity contribution in [3.05, 3.63) is 0 Å². The second-order valence-corrected chi connectivity index (χ2v) is 4.11. The monoisotopic (exact) mass is 173 g/mol. The summed E-state index contributed by atoms with van der Waals surface area (Å²) in [6, 6.07) is 2.22. The van der Waals surface area contributed by atoms with Crippen LogP contribution in [-0.4, -0.2) is 4.32 Å². The van der Waals surface area contributed by atoms with Crippen molar-refractivity contribution in [2.45, 2.75) is 24.1 Å². The van der Waals surface area contributed by atoms with Crippen molar-refractivity contribution in [2.24, 2.45) is 5.92 Å². The standard InChI is InChI=1S/C6H8BrN/c1-6(7,4-8)5-2-3-5/h5H,2-3H2,1H3. The van der Waals surface area contributed by atoms with E-state index in [9.17, 15) is 0 Å². The molecule has 1 aliphatic carbocycles. The van der Waals surface area contributed by atoms with E-state index in [2.05, 4.69) is 22.0 Å². The summed E-state index contributed by atoms with van der Waals surface area (Å²) in [5, 5.41) is 8.51. The molecule has 1 saturated carbocycles. The number of nitrogens with zero attached hydrogens (tertiary/aromatic N) is 1. The summed E-state index contributed by atoms with van der Waals surface area (Å²) in [5.74, 6) is 0.618. The molecule has 0 amide bonds. The maximum Gasteiger partial charge on any atom is 0.112 e. The van der Waals surface area contributed by atoms with Gasteiger partial charge in [0.25, 0.3) is 0 Å². The quantitative estimate of drug-likeness (QED) is 0.558. The van der Waals surface area contributed by atoms with E-state index >= 15 is 0 Å². The Balaban J connectivity index is 2.53. The number of halogens is 1. The highest BCUT2D eigenvalue weighted by molar-refractivity contribution is 9.10. The number of nitriles is 1. The molecule has 1 fully saturated rings. The van der Waals surface area contributed by atoms with Gasteiger partial charge in [0.15, 0.2) is 0 Å². The smallest absolute Gasteiger partial charge is 0.112 e. The molecule has 0 aromatic heterocycles. The minimum Gasteiger partial charge on any atom is -0.197 e. The van der Waals surface area contributed by atoms with E-state index in [4.69, 9.17) is 5.26 Å². The first-order chi connectivity index (χ1) is 3.67. The zero-order valence-electron chi connectivity index (χ0n) is 4.82. The molecule has 0 heterocycles. The van der Waals surface area contributed by atoms with Crippen molar-refractivity contribution in [3.63, 3.8) is 0 Å². The van der Waals surface area contributed by atoms with Crippen LogP contribution < -0.4 is 0 Å². The van der Waals surface area contributed by atoms with Crippen molar-refractivity contribution < 1.29 is 0 Å². The summed E-state index contributed by atoms with van der Waals surface area (Å²) in [4.78, 5) is 0.